The molecule has 0 unspecified atom stereocenters. The molecule has 1 fully saturated rings. The van der Waals surface area contributed by atoms with Gasteiger partial charge in [0.1, 0.15) is 0 Å². The molecular weight excluding hydrogens is 278 g/mol. The molecule has 4 heteroatoms. The maximum atomic E-state index is 8.98. The number of piperidine rings is 1. The van der Waals surface area contributed by atoms with E-state index in [2.05, 4.69) is 24.4 Å². The van der Waals surface area contributed by atoms with Gasteiger partial charge in [-0.15, -0.1) is 11.3 Å². The fourth-order valence-electron chi connectivity index (χ4n) is 2.93. The van der Waals surface area contributed by atoms with Gasteiger partial charge in [0.25, 0.3) is 0 Å². The molecule has 0 radical (unpaired) electrons. The molecular formula is C17H19N3S. The largest absolute Gasteiger partial charge is 0.317 e. The Kier molecular flexibility index (Phi) is 4.33. The fraction of sp³-hybridized carbons (Fsp3) is 0.412. The summed E-state index contributed by atoms with van der Waals surface area (Å²) in [6.07, 6.45) is 3.25. The normalized spacial score (nSPS) is 15.8. The Balaban J connectivity index is 1.78. The van der Waals surface area contributed by atoms with Gasteiger partial charge < -0.3 is 5.32 Å². The first-order chi connectivity index (χ1) is 10.3. The Hall–Kier alpha value is -1.70. The zero-order valence-electron chi connectivity index (χ0n) is 12.2. The second kappa shape index (κ2) is 6.38. The van der Waals surface area contributed by atoms with Crippen molar-refractivity contribution in [2.24, 2.45) is 0 Å². The van der Waals surface area contributed by atoms with Gasteiger partial charge >= 0.3 is 0 Å². The molecule has 1 saturated heterocycles. The second-order valence-electron chi connectivity index (χ2n) is 5.57. The van der Waals surface area contributed by atoms with Crippen molar-refractivity contribution in [1.29, 1.82) is 5.26 Å². The van der Waals surface area contributed by atoms with E-state index < -0.39 is 0 Å². The minimum absolute atomic E-state index is 0.669. The van der Waals surface area contributed by atoms with Crippen molar-refractivity contribution in [3.63, 3.8) is 0 Å². The number of nitriles is 1. The monoisotopic (exact) mass is 297 g/mol. The van der Waals surface area contributed by atoms with Crippen molar-refractivity contribution in [2.75, 3.05) is 13.1 Å². The summed E-state index contributed by atoms with van der Waals surface area (Å²) < 4.78 is 0. The first kappa shape index (κ1) is 14.2. The van der Waals surface area contributed by atoms with Gasteiger partial charge in [-0.25, -0.2) is 4.98 Å². The average Bonchev–Trinajstić information content (AvgIpc) is 2.89. The molecule has 1 aromatic heterocycles. The lowest BCUT2D eigenvalue weighted by atomic mass is 9.96. The molecule has 0 spiro atoms. The molecule has 0 amide bonds. The SMILES string of the molecule is Cc1nc(Cc2cccc(C#N)c2)sc1C1CCNCC1. The first-order valence-corrected chi connectivity index (χ1v) is 8.24. The van der Waals surface area contributed by atoms with Crippen LogP contribution in [0.4, 0.5) is 0 Å². The zero-order valence-corrected chi connectivity index (χ0v) is 13.0. The summed E-state index contributed by atoms with van der Waals surface area (Å²) in [5.41, 5.74) is 3.08. The highest BCUT2D eigenvalue weighted by atomic mass is 32.1. The van der Waals surface area contributed by atoms with Crippen molar-refractivity contribution >= 4 is 11.3 Å². The van der Waals surface area contributed by atoms with Gasteiger partial charge in [0.2, 0.25) is 0 Å². The number of nitrogens with zero attached hydrogens (tertiary/aromatic N) is 2. The molecule has 3 nitrogen and oxygen atoms in total. The van der Waals surface area contributed by atoms with Crippen molar-refractivity contribution in [2.45, 2.75) is 32.1 Å². The van der Waals surface area contributed by atoms with Crippen LogP contribution >= 0.6 is 11.3 Å². The number of rotatable bonds is 3. The molecule has 108 valence electrons. The van der Waals surface area contributed by atoms with Gasteiger partial charge in [0.05, 0.1) is 22.3 Å². The lowest BCUT2D eigenvalue weighted by molar-refractivity contribution is 0.463. The van der Waals surface area contributed by atoms with Gasteiger partial charge in [-0.3, -0.25) is 0 Å². The van der Waals surface area contributed by atoms with E-state index in [0.29, 0.717) is 5.92 Å². The lowest BCUT2D eigenvalue weighted by Crippen LogP contribution is -2.26. The van der Waals surface area contributed by atoms with Crippen molar-refractivity contribution in [1.82, 2.24) is 10.3 Å². The maximum absolute atomic E-state index is 8.98. The van der Waals surface area contributed by atoms with Crippen LogP contribution in [0.1, 0.15) is 45.5 Å². The number of aromatic nitrogens is 1. The lowest BCUT2D eigenvalue weighted by Gasteiger charge is -2.21. The van der Waals surface area contributed by atoms with Gasteiger partial charge in [0, 0.05) is 11.3 Å². The van der Waals surface area contributed by atoms with Crippen LogP contribution in [0.25, 0.3) is 0 Å². The van der Waals surface area contributed by atoms with E-state index in [1.165, 1.54) is 29.0 Å². The molecule has 1 aliphatic heterocycles. The minimum Gasteiger partial charge on any atom is -0.317 e. The summed E-state index contributed by atoms with van der Waals surface area (Å²) in [7, 11) is 0. The van der Waals surface area contributed by atoms with E-state index in [9.17, 15) is 0 Å². The summed E-state index contributed by atoms with van der Waals surface area (Å²) in [4.78, 5) is 6.21. The predicted octanol–water partition coefficient (Wildman–Crippen LogP) is 3.38. The standard InChI is InChI=1S/C17H19N3S/c1-12-17(15-5-7-19-8-6-15)21-16(20-12)10-13-3-2-4-14(9-13)11-18/h2-4,9,15,19H,5-8,10H2,1H3. The van der Waals surface area contributed by atoms with E-state index in [-0.39, 0.29) is 0 Å². The van der Waals surface area contributed by atoms with E-state index >= 15 is 0 Å². The quantitative estimate of drug-likeness (QED) is 0.945. The Morgan fingerprint density at radius 2 is 2.19 bits per heavy atom. The zero-order chi connectivity index (χ0) is 14.7. The molecule has 2 heterocycles. The number of hydrogen-bond acceptors (Lipinski definition) is 4. The van der Waals surface area contributed by atoms with E-state index in [4.69, 9.17) is 10.2 Å². The Labute approximate surface area is 129 Å². The van der Waals surface area contributed by atoms with Crippen LogP contribution in [0.15, 0.2) is 24.3 Å². The van der Waals surface area contributed by atoms with Crippen LogP contribution in [-0.2, 0) is 6.42 Å². The number of nitrogens with one attached hydrogen (secondary N) is 1. The molecule has 0 saturated carbocycles. The Morgan fingerprint density at radius 1 is 1.38 bits per heavy atom. The fourth-order valence-corrected chi connectivity index (χ4v) is 4.20. The summed E-state index contributed by atoms with van der Waals surface area (Å²) in [6.45, 7) is 4.35. The number of aryl methyl sites for hydroxylation is 1. The highest BCUT2D eigenvalue weighted by Crippen LogP contribution is 2.33. The van der Waals surface area contributed by atoms with Gasteiger partial charge in [-0.2, -0.15) is 5.26 Å². The van der Waals surface area contributed by atoms with Gasteiger partial charge in [0.15, 0.2) is 0 Å². The second-order valence-corrected chi connectivity index (χ2v) is 6.69. The Bertz CT molecular complexity index is 663. The van der Waals surface area contributed by atoms with Crippen LogP contribution in [0.5, 0.6) is 0 Å². The average molecular weight is 297 g/mol. The first-order valence-electron chi connectivity index (χ1n) is 7.42. The van der Waals surface area contributed by atoms with Crippen molar-refractivity contribution in [3.8, 4) is 6.07 Å². The number of thiazole rings is 1. The van der Waals surface area contributed by atoms with Crippen molar-refractivity contribution < 1.29 is 0 Å². The number of hydrogen-bond donors (Lipinski definition) is 1. The highest BCUT2D eigenvalue weighted by molar-refractivity contribution is 7.11. The molecule has 21 heavy (non-hydrogen) atoms. The van der Waals surface area contributed by atoms with Gasteiger partial charge in [-0.05, 0) is 56.5 Å². The van der Waals surface area contributed by atoms with Crippen LogP contribution in [-0.4, -0.2) is 18.1 Å². The maximum Gasteiger partial charge on any atom is 0.0991 e. The minimum atomic E-state index is 0.669. The van der Waals surface area contributed by atoms with Crippen LogP contribution in [0, 0.1) is 18.3 Å². The van der Waals surface area contributed by atoms with E-state index in [1.54, 1.807) is 0 Å². The molecule has 2 aromatic rings. The number of benzene rings is 1. The third-order valence-electron chi connectivity index (χ3n) is 4.00. The van der Waals surface area contributed by atoms with E-state index in [1.807, 2.05) is 29.5 Å². The summed E-state index contributed by atoms with van der Waals surface area (Å²) >= 11 is 1.85. The third kappa shape index (κ3) is 3.31. The molecule has 1 aromatic carbocycles. The van der Waals surface area contributed by atoms with Crippen LogP contribution in [0.3, 0.4) is 0 Å². The summed E-state index contributed by atoms with van der Waals surface area (Å²) in [5.74, 6) is 0.669. The smallest absolute Gasteiger partial charge is 0.0991 e. The summed E-state index contributed by atoms with van der Waals surface area (Å²) in [5, 5.41) is 13.6. The van der Waals surface area contributed by atoms with Gasteiger partial charge in [-0.1, -0.05) is 12.1 Å². The Morgan fingerprint density at radius 3 is 2.95 bits per heavy atom. The third-order valence-corrected chi connectivity index (χ3v) is 5.32. The van der Waals surface area contributed by atoms with E-state index in [0.717, 1.165) is 30.1 Å². The molecule has 0 bridgehead atoms. The van der Waals surface area contributed by atoms with Crippen LogP contribution < -0.4 is 5.32 Å². The molecule has 1 aliphatic rings. The predicted molar refractivity (Wildman–Crippen MR) is 85.7 cm³/mol. The molecule has 0 atom stereocenters. The summed E-state index contributed by atoms with van der Waals surface area (Å²) in [6, 6.07) is 10.0. The molecule has 3 rings (SSSR count). The molecule has 1 N–H and O–H groups in total. The molecule has 0 aliphatic carbocycles. The highest BCUT2D eigenvalue weighted by Gasteiger charge is 2.20. The van der Waals surface area contributed by atoms with Crippen LogP contribution in [0.2, 0.25) is 0 Å². The van der Waals surface area contributed by atoms with Crippen molar-refractivity contribution in [3.05, 3.63) is 51.0 Å². The topological polar surface area (TPSA) is 48.7 Å².